The summed E-state index contributed by atoms with van der Waals surface area (Å²) in [6, 6.07) is -1.80. The molecule has 144 valence electrons. The van der Waals surface area contributed by atoms with Crippen molar-refractivity contribution in [3.63, 3.8) is 0 Å². The molecule has 0 aromatic rings. The first kappa shape index (κ1) is 22.7. The number of carbonyl (C=O) groups excluding carboxylic acids is 3. The van der Waals surface area contributed by atoms with Crippen LogP contribution in [0.2, 0.25) is 0 Å². The van der Waals surface area contributed by atoms with Gasteiger partial charge in [-0.3, -0.25) is 9.59 Å². The fourth-order valence-corrected chi connectivity index (χ4v) is 2.15. The first-order valence-electron chi connectivity index (χ1n) is 8.34. The Labute approximate surface area is 147 Å². The van der Waals surface area contributed by atoms with Gasteiger partial charge in [0.25, 0.3) is 12.9 Å². The van der Waals surface area contributed by atoms with Gasteiger partial charge >= 0.3 is 12.0 Å². The standard InChI is InChI=1S/C16H28N2O7/c1-12(2)6-4-3-5-7-13(15(21)22)17-16(23)18-14(25-11-20)8-9-24-10-19/h10-14H,3-9H2,1-2H3,(H,21,22)(H2,17,18,23)/t13-,14+/m0/s1. The van der Waals surface area contributed by atoms with Gasteiger partial charge in [-0.05, 0) is 12.3 Å². The molecule has 0 aliphatic heterocycles. The maximum absolute atomic E-state index is 11.9. The average molecular weight is 360 g/mol. The molecule has 9 nitrogen and oxygen atoms in total. The summed E-state index contributed by atoms with van der Waals surface area (Å²) in [5.41, 5.74) is 0. The number of rotatable bonds is 15. The molecular weight excluding hydrogens is 332 g/mol. The molecule has 0 fully saturated rings. The van der Waals surface area contributed by atoms with Crippen LogP contribution in [0.5, 0.6) is 0 Å². The van der Waals surface area contributed by atoms with Crippen LogP contribution in [0.25, 0.3) is 0 Å². The van der Waals surface area contributed by atoms with Gasteiger partial charge in [0.15, 0.2) is 6.23 Å². The summed E-state index contributed by atoms with van der Waals surface area (Å²) in [7, 11) is 0. The van der Waals surface area contributed by atoms with Crippen LogP contribution in [-0.2, 0) is 23.9 Å². The van der Waals surface area contributed by atoms with Gasteiger partial charge < -0.3 is 25.2 Å². The Morgan fingerprint density at radius 2 is 1.68 bits per heavy atom. The third-order valence-corrected chi connectivity index (χ3v) is 3.46. The van der Waals surface area contributed by atoms with E-state index in [4.69, 9.17) is 0 Å². The molecule has 0 bridgehead atoms. The van der Waals surface area contributed by atoms with Crippen LogP contribution >= 0.6 is 0 Å². The molecule has 0 aliphatic carbocycles. The maximum atomic E-state index is 11.9. The van der Waals surface area contributed by atoms with Gasteiger partial charge in [-0.15, -0.1) is 0 Å². The number of ether oxygens (including phenoxy) is 2. The van der Waals surface area contributed by atoms with Gasteiger partial charge in [0, 0.05) is 6.42 Å². The highest BCUT2D eigenvalue weighted by Crippen LogP contribution is 2.11. The maximum Gasteiger partial charge on any atom is 0.326 e. The van der Waals surface area contributed by atoms with Crippen molar-refractivity contribution in [1.82, 2.24) is 10.6 Å². The van der Waals surface area contributed by atoms with E-state index in [2.05, 4.69) is 34.0 Å². The summed E-state index contributed by atoms with van der Waals surface area (Å²) >= 11 is 0. The van der Waals surface area contributed by atoms with E-state index < -0.39 is 24.3 Å². The molecule has 0 saturated carbocycles. The lowest BCUT2D eigenvalue weighted by atomic mass is 10.0. The van der Waals surface area contributed by atoms with Crippen LogP contribution in [0.4, 0.5) is 4.79 Å². The smallest absolute Gasteiger partial charge is 0.326 e. The third kappa shape index (κ3) is 12.7. The minimum atomic E-state index is -1.13. The predicted octanol–water partition coefficient (Wildman–Crippen LogP) is 1.41. The topological polar surface area (TPSA) is 131 Å². The number of hydrogen-bond acceptors (Lipinski definition) is 6. The number of urea groups is 1. The van der Waals surface area contributed by atoms with E-state index in [1.165, 1.54) is 0 Å². The number of carbonyl (C=O) groups is 4. The monoisotopic (exact) mass is 360 g/mol. The third-order valence-electron chi connectivity index (χ3n) is 3.46. The number of hydrogen-bond donors (Lipinski definition) is 3. The second-order valence-electron chi connectivity index (χ2n) is 6.02. The zero-order chi connectivity index (χ0) is 19.1. The second kappa shape index (κ2) is 14.1. The Hall–Kier alpha value is -2.32. The Morgan fingerprint density at radius 3 is 2.24 bits per heavy atom. The number of unbranched alkanes of at least 4 members (excludes halogenated alkanes) is 2. The molecule has 9 heteroatoms. The minimum absolute atomic E-state index is 0.0534. The number of nitrogens with one attached hydrogen (secondary N) is 2. The van der Waals surface area contributed by atoms with Crippen LogP contribution in [0.1, 0.15) is 52.4 Å². The van der Waals surface area contributed by atoms with E-state index in [0.717, 1.165) is 19.3 Å². The van der Waals surface area contributed by atoms with Gasteiger partial charge in [-0.25, -0.2) is 9.59 Å². The van der Waals surface area contributed by atoms with Gasteiger partial charge in [-0.1, -0.05) is 39.5 Å². The van der Waals surface area contributed by atoms with E-state index in [-0.39, 0.29) is 26.0 Å². The van der Waals surface area contributed by atoms with Crippen LogP contribution in [0.15, 0.2) is 0 Å². The first-order chi connectivity index (χ1) is 11.9. The molecule has 0 heterocycles. The summed E-state index contributed by atoms with van der Waals surface area (Å²) in [5.74, 6) is -0.520. The number of amides is 2. The number of carboxylic acids is 1. The Bertz CT molecular complexity index is 415. The van der Waals surface area contributed by atoms with E-state index in [0.29, 0.717) is 18.8 Å². The van der Waals surface area contributed by atoms with Crippen molar-refractivity contribution >= 4 is 24.9 Å². The minimum Gasteiger partial charge on any atom is -0.480 e. The molecule has 0 aromatic heterocycles. The molecule has 0 spiro atoms. The Balaban J connectivity index is 4.28. The van der Waals surface area contributed by atoms with Crippen LogP contribution < -0.4 is 10.6 Å². The highest BCUT2D eigenvalue weighted by molar-refractivity contribution is 5.82. The second-order valence-corrected chi connectivity index (χ2v) is 6.02. The van der Waals surface area contributed by atoms with Gasteiger partial charge in [0.1, 0.15) is 6.04 Å². The van der Waals surface area contributed by atoms with Gasteiger partial charge in [0.05, 0.1) is 6.61 Å². The van der Waals surface area contributed by atoms with Crippen molar-refractivity contribution in [2.75, 3.05) is 6.61 Å². The lowest BCUT2D eigenvalue weighted by molar-refractivity contribution is -0.140. The Morgan fingerprint density at radius 1 is 1.00 bits per heavy atom. The summed E-state index contributed by atoms with van der Waals surface area (Å²) in [6.07, 6.45) is 3.03. The van der Waals surface area contributed by atoms with Crippen molar-refractivity contribution in [1.29, 1.82) is 0 Å². The van der Waals surface area contributed by atoms with E-state index in [1.54, 1.807) is 0 Å². The quantitative estimate of drug-likeness (QED) is 0.228. The summed E-state index contributed by atoms with van der Waals surface area (Å²) in [6.45, 7) is 4.58. The fourth-order valence-electron chi connectivity index (χ4n) is 2.15. The number of carboxylic acid groups (broad SMARTS) is 1. The molecule has 0 radical (unpaired) electrons. The predicted molar refractivity (Wildman–Crippen MR) is 88.6 cm³/mol. The zero-order valence-electron chi connectivity index (χ0n) is 14.7. The normalized spacial score (nSPS) is 12.8. The van der Waals surface area contributed by atoms with E-state index in [9.17, 15) is 24.3 Å². The van der Waals surface area contributed by atoms with Crippen molar-refractivity contribution in [3.8, 4) is 0 Å². The molecule has 0 aromatic carbocycles. The molecule has 2 amide bonds. The first-order valence-corrected chi connectivity index (χ1v) is 8.34. The van der Waals surface area contributed by atoms with Crippen molar-refractivity contribution < 1.29 is 33.8 Å². The number of aliphatic carboxylic acids is 1. The zero-order valence-corrected chi connectivity index (χ0v) is 14.7. The van der Waals surface area contributed by atoms with Crippen LogP contribution in [0, 0.1) is 5.92 Å². The lowest BCUT2D eigenvalue weighted by Gasteiger charge is -2.19. The van der Waals surface area contributed by atoms with Crippen LogP contribution in [-0.4, -0.2) is 48.9 Å². The molecule has 2 atom stereocenters. The molecule has 3 N–H and O–H groups in total. The molecule has 25 heavy (non-hydrogen) atoms. The summed E-state index contributed by atoms with van der Waals surface area (Å²) < 4.78 is 9.10. The summed E-state index contributed by atoms with van der Waals surface area (Å²) in [4.78, 5) is 43.6. The van der Waals surface area contributed by atoms with E-state index >= 15 is 0 Å². The van der Waals surface area contributed by atoms with Crippen LogP contribution in [0.3, 0.4) is 0 Å². The lowest BCUT2D eigenvalue weighted by Crippen LogP contribution is -2.49. The van der Waals surface area contributed by atoms with Gasteiger partial charge in [0.2, 0.25) is 0 Å². The summed E-state index contributed by atoms with van der Waals surface area (Å²) in [5, 5.41) is 13.8. The largest absolute Gasteiger partial charge is 0.480 e. The van der Waals surface area contributed by atoms with Crippen molar-refractivity contribution in [2.45, 2.75) is 64.6 Å². The molecule has 0 aliphatic rings. The highest BCUT2D eigenvalue weighted by atomic mass is 16.5. The van der Waals surface area contributed by atoms with Gasteiger partial charge in [-0.2, -0.15) is 0 Å². The molecule has 0 unspecified atom stereocenters. The average Bonchev–Trinajstić information content (AvgIpc) is 2.53. The van der Waals surface area contributed by atoms with Crippen molar-refractivity contribution in [3.05, 3.63) is 0 Å². The molecular formula is C16H28N2O7. The SMILES string of the molecule is CC(C)CCCCC[C@H](NC(=O)N[C@@H](CCOC=O)OC=O)C(=O)O. The highest BCUT2D eigenvalue weighted by Gasteiger charge is 2.21. The van der Waals surface area contributed by atoms with E-state index in [1.807, 2.05) is 0 Å². The molecule has 0 rings (SSSR count). The Kier molecular flexibility index (Phi) is 12.8. The molecule has 0 saturated heterocycles. The fraction of sp³-hybridized carbons (Fsp3) is 0.750. The van der Waals surface area contributed by atoms with Crippen molar-refractivity contribution in [2.24, 2.45) is 5.92 Å².